The summed E-state index contributed by atoms with van der Waals surface area (Å²) in [6.45, 7) is 1.59. The van der Waals surface area contributed by atoms with Crippen LogP contribution in [-0.2, 0) is 21.4 Å². The smallest absolute Gasteiger partial charge is 0.329 e. The van der Waals surface area contributed by atoms with Gasteiger partial charge in [0, 0.05) is 20.4 Å². The standard InChI is InChI=1S/C19H18F2N3O4/c1-19(20,21)11-28-10-4-6-12-5-3-7-13-16(12)23(2)18(27)24(13)14-8-9-15(25)22-17(14)26/h3,5,7,14H,1,8-11H2,2H3,(H,22,25,26). The zero-order chi connectivity index (χ0) is 20.5. The van der Waals surface area contributed by atoms with Gasteiger partial charge in [0.2, 0.25) is 11.8 Å². The molecule has 1 atom stereocenters. The molecule has 1 N–H and O–H groups in total. The molecule has 3 rings (SSSR count). The quantitative estimate of drug-likeness (QED) is 0.483. The molecule has 28 heavy (non-hydrogen) atoms. The van der Waals surface area contributed by atoms with Gasteiger partial charge in [-0.25, -0.2) is 13.6 Å². The van der Waals surface area contributed by atoms with Crippen LogP contribution in [0.2, 0.25) is 0 Å². The molecule has 1 unspecified atom stereocenters. The summed E-state index contributed by atoms with van der Waals surface area (Å²) in [7, 11) is 1.55. The number of imidazole rings is 1. The predicted octanol–water partition coefficient (Wildman–Crippen LogP) is 1.16. The molecule has 1 aliphatic heterocycles. The number of benzene rings is 1. The number of nitrogens with one attached hydrogen (secondary N) is 1. The molecule has 1 fully saturated rings. The minimum Gasteiger partial charge on any atom is -0.363 e. The Balaban J connectivity index is 1.95. The minimum absolute atomic E-state index is 0.146. The van der Waals surface area contributed by atoms with E-state index in [4.69, 9.17) is 4.74 Å². The Labute approximate surface area is 159 Å². The van der Waals surface area contributed by atoms with Gasteiger partial charge in [0.05, 0.1) is 16.6 Å². The molecule has 1 radical (unpaired) electrons. The van der Waals surface area contributed by atoms with E-state index in [1.165, 1.54) is 9.13 Å². The lowest BCUT2D eigenvalue weighted by molar-refractivity contribution is -0.135. The van der Waals surface area contributed by atoms with E-state index in [0.717, 1.165) is 0 Å². The number of imide groups is 1. The summed E-state index contributed by atoms with van der Waals surface area (Å²) in [6, 6.07) is 4.25. The number of ether oxygens (including phenoxy) is 1. The molecule has 147 valence electrons. The topological polar surface area (TPSA) is 82.3 Å². The van der Waals surface area contributed by atoms with Gasteiger partial charge in [0.1, 0.15) is 19.3 Å². The average Bonchev–Trinajstić information content (AvgIpc) is 2.86. The molecular formula is C19H18F2N3O4. The Morgan fingerprint density at radius 1 is 1.36 bits per heavy atom. The van der Waals surface area contributed by atoms with Crippen LogP contribution in [0.25, 0.3) is 11.0 Å². The van der Waals surface area contributed by atoms with Crippen molar-refractivity contribution < 1.29 is 23.1 Å². The number of nitrogens with zero attached hydrogens (tertiary/aromatic N) is 2. The molecule has 0 spiro atoms. The number of rotatable bonds is 4. The summed E-state index contributed by atoms with van der Waals surface area (Å²) >= 11 is 0. The van der Waals surface area contributed by atoms with Crippen LogP contribution in [0.15, 0.2) is 23.0 Å². The predicted molar refractivity (Wildman–Crippen MR) is 96.6 cm³/mol. The van der Waals surface area contributed by atoms with Gasteiger partial charge in [-0.2, -0.15) is 0 Å². The highest BCUT2D eigenvalue weighted by atomic mass is 19.3. The van der Waals surface area contributed by atoms with E-state index in [0.29, 0.717) is 16.6 Å². The van der Waals surface area contributed by atoms with Crippen molar-refractivity contribution in [2.45, 2.75) is 24.8 Å². The van der Waals surface area contributed by atoms with Crippen LogP contribution in [0.4, 0.5) is 8.78 Å². The van der Waals surface area contributed by atoms with Gasteiger partial charge in [-0.1, -0.05) is 17.9 Å². The Morgan fingerprint density at radius 3 is 2.79 bits per heavy atom. The van der Waals surface area contributed by atoms with Crippen LogP contribution in [-0.4, -0.2) is 40.1 Å². The fourth-order valence-corrected chi connectivity index (χ4v) is 3.15. The molecule has 7 nitrogen and oxygen atoms in total. The fraction of sp³-hybridized carbons (Fsp3) is 0.368. The second kappa shape index (κ2) is 7.56. The first-order valence-electron chi connectivity index (χ1n) is 8.52. The van der Waals surface area contributed by atoms with E-state index in [2.05, 4.69) is 24.1 Å². The maximum Gasteiger partial charge on any atom is 0.329 e. The molecule has 1 aliphatic rings. The van der Waals surface area contributed by atoms with Gasteiger partial charge in [-0.15, -0.1) is 0 Å². The third-order valence-corrected chi connectivity index (χ3v) is 4.33. The van der Waals surface area contributed by atoms with Crippen LogP contribution in [0.1, 0.15) is 24.4 Å². The number of para-hydroxylation sites is 1. The Morgan fingerprint density at radius 2 is 2.11 bits per heavy atom. The van der Waals surface area contributed by atoms with Crippen molar-refractivity contribution in [3.8, 4) is 11.8 Å². The maximum atomic E-state index is 12.8. The Hall–Kier alpha value is -2.99. The maximum absolute atomic E-state index is 12.8. The van der Waals surface area contributed by atoms with E-state index >= 15 is 0 Å². The molecule has 1 saturated heterocycles. The lowest BCUT2D eigenvalue weighted by atomic mass is 10.1. The van der Waals surface area contributed by atoms with Gasteiger partial charge < -0.3 is 4.74 Å². The number of alkyl halides is 2. The largest absolute Gasteiger partial charge is 0.363 e. The normalized spacial score (nSPS) is 17.4. The summed E-state index contributed by atoms with van der Waals surface area (Å²) in [5.74, 6) is 1.38. The Bertz CT molecular complexity index is 1050. The molecule has 1 aromatic carbocycles. The first-order valence-corrected chi connectivity index (χ1v) is 8.52. The van der Waals surface area contributed by atoms with Gasteiger partial charge in [0.15, 0.2) is 0 Å². The number of hydrogen-bond acceptors (Lipinski definition) is 4. The molecule has 0 bridgehead atoms. The molecule has 9 heteroatoms. The first-order chi connectivity index (χ1) is 13.2. The van der Waals surface area contributed by atoms with Crippen LogP contribution < -0.4 is 11.0 Å². The van der Waals surface area contributed by atoms with E-state index in [1.54, 1.807) is 25.2 Å². The summed E-state index contributed by atoms with van der Waals surface area (Å²) in [6.07, 6.45) is 0.375. The Kier molecular flexibility index (Phi) is 5.34. The van der Waals surface area contributed by atoms with Gasteiger partial charge in [-0.05, 0) is 18.6 Å². The number of aryl methyl sites for hydroxylation is 1. The molecule has 0 saturated carbocycles. The number of amides is 2. The number of halogens is 2. The zero-order valence-electron chi connectivity index (χ0n) is 15.1. The highest BCUT2D eigenvalue weighted by Gasteiger charge is 2.31. The number of piperidine rings is 1. The highest BCUT2D eigenvalue weighted by Crippen LogP contribution is 2.24. The first kappa shape index (κ1) is 19.8. The second-order valence-corrected chi connectivity index (χ2v) is 6.50. The zero-order valence-corrected chi connectivity index (χ0v) is 15.1. The van der Waals surface area contributed by atoms with Crippen LogP contribution in [0, 0.1) is 18.8 Å². The summed E-state index contributed by atoms with van der Waals surface area (Å²) in [5.41, 5.74) is 1.09. The van der Waals surface area contributed by atoms with E-state index in [-0.39, 0.29) is 25.4 Å². The number of carbonyl (C=O) groups excluding carboxylic acids is 2. The number of aromatic nitrogens is 2. The molecule has 2 amide bonds. The van der Waals surface area contributed by atoms with E-state index in [9.17, 15) is 23.2 Å². The van der Waals surface area contributed by atoms with E-state index < -0.39 is 30.2 Å². The molecule has 1 aromatic heterocycles. The summed E-state index contributed by atoms with van der Waals surface area (Å²) in [5, 5.41) is 2.25. The summed E-state index contributed by atoms with van der Waals surface area (Å²) < 4.78 is 32.8. The lowest BCUT2D eigenvalue weighted by Gasteiger charge is -2.21. The highest BCUT2D eigenvalue weighted by molar-refractivity contribution is 6.00. The molecular weight excluding hydrogens is 372 g/mol. The third kappa shape index (κ3) is 3.97. The fourth-order valence-electron chi connectivity index (χ4n) is 3.15. The van der Waals surface area contributed by atoms with Crippen molar-refractivity contribution >= 4 is 22.8 Å². The number of fused-ring (bicyclic) bond motifs is 1. The minimum atomic E-state index is -3.18. The third-order valence-electron chi connectivity index (χ3n) is 4.33. The van der Waals surface area contributed by atoms with Crippen molar-refractivity contribution in [2.75, 3.05) is 13.2 Å². The SMILES string of the molecule is [CH2]C(F)(F)COCC#Cc1cccc2c1n(C)c(=O)n2C1CCC(=O)NC1=O. The van der Waals surface area contributed by atoms with Crippen molar-refractivity contribution in [1.29, 1.82) is 0 Å². The number of carbonyl (C=O) groups is 2. The lowest BCUT2D eigenvalue weighted by Crippen LogP contribution is -2.44. The molecule has 2 heterocycles. The van der Waals surface area contributed by atoms with Crippen molar-refractivity contribution in [1.82, 2.24) is 14.5 Å². The number of hydrogen-bond donors (Lipinski definition) is 1. The monoisotopic (exact) mass is 390 g/mol. The summed E-state index contributed by atoms with van der Waals surface area (Å²) in [4.78, 5) is 36.3. The van der Waals surface area contributed by atoms with Crippen molar-refractivity contribution in [2.24, 2.45) is 7.05 Å². The molecule has 2 aromatic rings. The van der Waals surface area contributed by atoms with Gasteiger partial charge in [-0.3, -0.25) is 24.0 Å². The van der Waals surface area contributed by atoms with Gasteiger partial charge in [0.25, 0.3) is 5.92 Å². The second-order valence-electron chi connectivity index (χ2n) is 6.50. The van der Waals surface area contributed by atoms with Crippen LogP contribution >= 0.6 is 0 Å². The van der Waals surface area contributed by atoms with Crippen LogP contribution in [0.3, 0.4) is 0 Å². The van der Waals surface area contributed by atoms with E-state index in [1.807, 2.05) is 0 Å². The van der Waals surface area contributed by atoms with Crippen molar-refractivity contribution in [3.63, 3.8) is 0 Å². The van der Waals surface area contributed by atoms with Crippen LogP contribution in [0.5, 0.6) is 0 Å². The molecule has 0 aliphatic carbocycles. The van der Waals surface area contributed by atoms with Gasteiger partial charge >= 0.3 is 5.69 Å². The average molecular weight is 390 g/mol. The van der Waals surface area contributed by atoms with Crippen molar-refractivity contribution in [3.05, 3.63) is 41.2 Å².